The fourth-order valence-electron chi connectivity index (χ4n) is 3.66. The van der Waals surface area contributed by atoms with Crippen LogP contribution in [0, 0.1) is 0 Å². The molecule has 0 aliphatic carbocycles. The Labute approximate surface area is 180 Å². The van der Waals surface area contributed by atoms with Crippen molar-refractivity contribution in [2.75, 3.05) is 13.2 Å². The molecule has 2 aromatic heterocycles. The molecule has 0 radical (unpaired) electrons. The maximum Gasteiger partial charge on any atom is 0.352 e. The highest BCUT2D eigenvalue weighted by atomic mass is 16.5. The fraction of sp³-hybridized carbons (Fsp3) is 0.200. The van der Waals surface area contributed by atoms with Gasteiger partial charge in [0.25, 0.3) is 0 Å². The minimum atomic E-state index is -0.964. The molecular formula is C25H24N2O4. The number of hydrogen-bond acceptors (Lipinski definition) is 4. The zero-order chi connectivity index (χ0) is 21.6. The van der Waals surface area contributed by atoms with E-state index in [9.17, 15) is 9.90 Å². The monoisotopic (exact) mass is 416 g/mol. The molecule has 0 saturated heterocycles. The summed E-state index contributed by atoms with van der Waals surface area (Å²) in [7, 11) is 0. The number of nitrogens with zero attached hydrogens (tertiary/aromatic N) is 2. The van der Waals surface area contributed by atoms with Crippen molar-refractivity contribution in [1.29, 1.82) is 0 Å². The first-order valence-corrected chi connectivity index (χ1v) is 10.3. The van der Waals surface area contributed by atoms with Gasteiger partial charge >= 0.3 is 5.97 Å². The Morgan fingerprint density at radius 2 is 1.81 bits per heavy atom. The van der Waals surface area contributed by atoms with Gasteiger partial charge in [-0.3, -0.25) is 4.98 Å². The molecule has 0 saturated carbocycles. The average Bonchev–Trinajstić information content (AvgIpc) is 3.17. The maximum atomic E-state index is 11.9. The second kappa shape index (κ2) is 9.34. The largest absolute Gasteiger partial charge is 0.494 e. The van der Waals surface area contributed by atoms with Crippen LogP contribution in [0.3, 0.4) is 0 Å². The zero-order valence-electron chi connectivity index (χ0n) is 17.3. The normalized spacial score (nSPS) is 10.9. The van der Waals surface area contributed by atoms with E-state index < -0.39 is 5.97 Å². The molecule has 0 unspecified atom stereocenters. The first-order chi connectivity index (χ1) is 15.2. The quantitative estimate of drug-likeness (QED) is 0.376. The van der Waals surface area contributed by atoms with Gasteiger partial charge in [-0.1, -0.05) is 30.3 Å². The van der Waals surface area contributed by atoms with Crippen LogP contribution < -0.4 is 9.47 Å². The third kappa shape index (κ3) is 4.53. The van der Waals surface area contributed by atoms with Gasteiger partial charge in [0.2, 0.25) is 0 Å². The first kappa shape index (κ1) is 20.5. The van der Waals surface area contributed by atoms with Crippen molar-refractivity contribution in [2.24, 2.45) is 0 Å². The molecule has 0 aliphatic rings. The molecule has 0 atom stereocenters. The number of carboxylic acids is 1. The maximum absolute atomic E-state index is 11.9. The van der Waals surface area contributed by atoms with Crippen LogP contribution in [0.2, 0.25) is 0 Å². The molecule has 4 rings (SSSR count). The van der Waals surface area contributed by atoms with Crippen LogP contribution in [0.15, 0.2) is 72.9 Å². The summed E-state index contributed by atoms with van der Waals surface area (Å²) in [4.78, 5) is 16.5. The molecule has 6 nitrogen and oxygen atoms in total. The third-order valence-electron chi connectivity index (χ3n) is 5.01. The fourth-order valence-corrected chi connectivity index (χ4v) is 3.66. The van der Waals surface area contributed by atoms with Crippen molar-refractivity contribution in [3.05, 3.63) is 78.6 Å². The summed E-state index contributed by atoms with van der Waals surface area (Å²) in [5.41, 5.74) is 2.70. The zero-order valence-corrected chi connectivity index (χ0v) is 17.3. The molecule has 0 spiro atoms. The summed E-state index contributed by atoms with van der Waals surface area (Å²) < 4.78 is 13.2. The molecule has 158 valence electrons. The van der Waals surface area contributed by atoms with Crippen molar-refractivity contribution < 1.29 is 19.4 Å². The number of para-hydroxylation sites is 1. The number of carboxylic acid groups (broad SMARTS) is 1. The van der Waals surface area contributed by atoms with Crippen LogP contribution in [0.4, 0.5) is 0 Å². The molecule has 0 bridgehead atoms. The number of rotatable bonds is 9. The number of fused-ring (bicyclic) bond motifs is 1. The lowest BCUT2D eigenvalue weighted by Crippen LogP contribution is -2.10. The van der Waals surface area contributed by atoms with Crippen LogP contribution >= 0.6 is 0 Å². The van der Waals surface area contributed by atoms with E-state index in [1.54, 1.807) is 12.3 Å². The Balaban J connectivity index is 1.63. The topological polar surface area (TPSA) is 73.6 Å². The number of ether oxygens (including phenoxy) is 2. The Morgan fingerprint density at radius 1 is 1.00 bits per heavy atom. The van der Waals surface area contributed by atoms with E-state index in [1.807, 2.05) is 72.2 Å². The molecule has 1 N–H and O–H groups in total. The highest BCUT2D eigenvalue weighted by Crippen LogP contribution is 2.31. The molecule has 2 aromatic carbocycles. The van der Waals surface area contributed by atoms with Crippen molar-refractivity contribution in [2.45, 2.75) is 19.9 Å². The van der Waals surface area contributed by atoms with Gasteiger partial charge in [0, 0.05) is 23.7 Å². The third-order valence-corrected chi connectivity index (χ3v) is 5.01. The lowest BCUT2D eigenvalue weighted by molar-refractivity contribution is 0.0685. The Hall–Kier alpha value is -3.80. The summed E-state index contributed by atoms with van der Waals surface area (Å²) in [6.07, 6.45) is 2.39. The number of pyridine rings is 1. The molecule has 0 aliphatic heterocycles. The summed E-state index contributed by atoms with van der Waals surface area (Å²) in [5, 5.41) is 10.6. The summed E-state index contributed by atoms with van der Waals surface area (Å²) in [5.74, 6) is 0.600. The molecule has 6 heteroatoms. The van der Waals surface area contributed by atoms with Gasteiger partial charge in [0.05, 0.1) is 24.4 Å². The van der Waals surface area contributed by atoms with Gasteiger partial charge in [-0.15, -0.1) is 0 Å². The lowest BCUT2D eigenvalue weighted by atomic mass is 10.1. The standard InChI is InChI=1S/C25H24N2O4/c1-2-30-20-11-6-8-18(16-20)24-21-17-23(25(28)29)27(22(21)12-13-26-24)14-7-15-31-19-9-4-3-5-10-19/h3-6,8-13,16-17H,2,7,14-15H2,1H3,(H,28,29). The molecular weight excluding hydrogens is 392 g/mol. The smallest absolute Gasteiger partial charge is 0.352 e. The lowest BCUT2D eigenvalue weighted by Gasteiger charge is -2.10. The van der Waals surface area contributed by atoms with Gasteiger partial charge in [0.1, 0.15) is 17.2 Å². The number of carbonyl (C=O) groups is 1. The molecule has 31 heavy (non-hydrogen) atoms. The minimum Gasteiger partial charge on any atom is -0.494 e. The molecule has 2 heterocycles. The van der Waals surface area contributed by atoms with E-state index in [0.717, 1.165) is 33.7 Å². The summed E-state index contributed by atoms with van der Waals surface area (Å²) in [6, 6.07) is 20.8. The van der Waals surface area contributed by atoms with E-state index >= 15 is 0 Å². The second-order valence-electron chi connectivity index (χ2n) is 7.05. The second-order valence-corrected chi connectivity index (χ2v) is 7.05. The van der Waals surface area contributed by atoms with Crippen LogP contribution in [0.25, 0.3) is 22.2 Å². The number of aromatic nitrogens is 2. The Morgan fingerprint density at radius 3 is 2.58 bits per heavy atom. The van der Waals surface area contributed by atoms with Crippen LogP contribution in [-0.2, 0) is 6.54 Å². The first-order valence-electron chi connectivity index (χ1n) is 10.3. The summed E-state index contributed by atoms with van der Waals surface area (Å²) >= 11 is 0. The summed E-state index contributed by atoms with van der Waals surface area (Å²) in [6.45, 7) is 3.54. The highest BCUT2D eigenvalue weighted by molar-refractivity contribution is 6.00. The molecule has 0 fully saturated rings. The van der Waals surface area contributed by atoms with Crippen LogP contribution in [0.5, 0.6) is 11.5 Å². The van der Waals surface area contributed by atoms with Crippen molar-refractivity contribution in [1.82, 2.24) is 9.55 Å². The highest BCUT2D eigenvalue weighted by Gasteiger charge is 2.18. The number of hydrogen-bond donors (Lipinski definition) is 1. The number of aromatic carboxylic acids is 1. The minimum absolute atomic E-state index is 0.241. The van der Waals surface area contributed by atoms with Crippen LogP contribution in [0.1, 0.15) is 23.8 Å². The van der Waals surface area contributed by atoms with Gasteiger partial charge in [-0.2, -0.15) is 0 Å². The van der Waals surface area contributed by atoms with E-state index in [1.165, 1.54) is 0 Å². The van der Waals surface area contributed by atoms with E-state index in [4.69, 9.17) is 9.47 Å². The van der Waals surface area contributed by atoms with Crippen molar-refractivity contribution in [3.63, 3.8) is 0 Å². The Kier molecular flexibility index (Phi) is 6.17. The van der Waals surface area contributed by atoms with E-state index in [-0.39, 0.29) is 5.69 Å². The van der Waals surface area contributed by atoms with Gasteiger partial charge in [-0.25, -0.2) is 4.79 Å². The van der Waals surface area contributed by atoms with Crippen molar-refractivity contribution >= 4 is 16.9 Å². The van der Waals surface area contributed by atoms with Crippen LogP contribution in [-0.4, -0.2) is 33.8 Å². The van der Waals surface area contributed by atoms with E-state index in [0.29, 0.717) is 26.2 Å². The number of benzene rings is 2. The average molecular weight is 416 g/mol. The predicted octanol–water partition coefficient (Wildman–Crippen LogP) is 5.27. The predicted molar refractivity (Wildman–Crippen MR) is 120 cm³/mol. The van der Waals surface area contributed by atoms with Gasteiger partial charge < -0.3 is 19.1 Å². The van der Waals surface area contributed by atoms with E-state index in [2.05, 4.69) is 4.98 Å². The Bertz CT molecular complexity index is 1180. The molecule has 4 aromatic rings. The van der Waals surface area contributed by atoms with Crippen molar-refractivity contribution in [3.8, 4) is 22.8 Å². The molecule has 0 amide bonds. The van der Waals surface area contributed by atoms with Gasteiger partial charge in [-0.05, 0) is 49.7 Å². The SMILES string of the molecule is CCOc1cccc(-c2nccc3c2cc(C(=O)O)n3CCCOc2ccccc2)c1. The number of aryl methyl sites for hydroxylation is 1. The van der Waals surface area contributed by atoms with Gasteiger partial charge in [0.15, 0.2) is 0 Å².